The molecule has 4 heteroatoms. The Kier molecular flexibility index (Phi) is 5.06. The van der Waals surface area contributed by atoms with E-state index in [4.69, 9.17) is 9.47 Å². The molecule has 3 fully saturated rings. The van der Waals surface area contributed by atoms with E-state index in [0.29, 0.717) is 6.04 Å². The number of anilines is 1. The van der Waals surface area contributed by atoms with E-state index in [2.05, 4.69) is 34.5 Å². The van der Waals surface area contributed by atoms with Crippen molar-refractivity contribution in [1.82, 2.24) is 5.32 Å². The van der Waals surface area contributed by atoms with Crippen molar-refractivity contribution in [3.8, 4) is 0 Å². The highest BCUT2D eigenvalue weighted by Gasteiger charge is 2.38. The highest BCUT2D eigenvalue weighted by Crippen LogP contribution is 2.34. The molecule has 3 heterocycles. The Morgan fingerprint density at radius 3 is 2.79 bits per heavy atom. The van der Waals surface area contributed by atoms with Gasteiger partial charge < -0.3 is 19.7 Å². The van der Waals surface area contributed by atoms with Crippen molar-refractivity contribution in [3.63, 3.8) is 0 Å². The second kappa shape index (κ2) is 7.42. The predicted octanol–water partition coefficient (Wildman–Crippen LogP) is 3.10. The van der Waals surface area contributed by atoms with Crippen LogP contribution in [0.25, 0.3) is 0 Å². The van der Waals surface area contributed by atoms with Gasteiger partial charge in [0, 0.05) is 51.2 Å². The minimum absolute atomic E-state index is 0.0750. The molecule has 0 bridgehead atoms. The van der Waals surface area contributed by atoms with Crippen molar-refractivity contribution in [2.45, 2.75) is 56.7 Å². The molecule has 1 atom stereocenters. The molecule has 0 radical (unpaired) electrons. The van der Waals surface area contributed by atoms with E-state index in [1.165, 1.54) is 37.2 Å². The molecular weight excluding hydrogens is 300 g/mol. The summed E-state index contributed by atoms with van der Waals surface area (Å²) in [5.41, 5.74) is 2.86. The number of nitrogens with zero attached hydrogens (tertiary/aromatic N) is 1. The topological polar surface area (TPSA) is 33.7 Å². The predicted molar refractivity (Wildman–Crippen MR) is 96.5 cm³/mol. The maximum atomic E-state index is 6.15. The molecule has 0 unspecified atom stereocenters. The molecule has 24 heavy (non-hydrogen) atoms. The van der Waals surface area contributed by atoms with E-state index in [0.717, 1.165) is 52.0 Å². The molecule has 0 aromatic heterocycles. The van der Waals surface area contributed by atoms with Gasteiger partial charge in [-0.05, 0) is 56.2 Å². The summed E-state index contributed by atoms with van der Waals surface area (Å²) in [6.07, 6.45) is 7.01. The van der Waals surface area contributed by atoms with Crippen LogP contribution in [0.4, 0.5) is 5.69 Å². The molecule has 132 valence electrons. The van der Waals surface area contributed by atoms with Gasteiger partial charge >= 0.3 is 0 Å². The molecule has 1 spiro atoms. The maximum Gasteiger partial charge on any atom is 0.0741 e. The van der Waals surface area contributed by atoms with Crippen LogP contribution >= 0.6 is 0 Å². The van der Waals surface area contributed by atoms with Crippen LogP contribution in [0.15, 0.2) is 24.3 Å². The van der Waals surface area contributed by atoms with Crippen molar-refractivity contribution in [1.29, 1.82) is 0 Å². The third-order valence-corrected chi connectivity index (χ3v) is 5.87. The lowest BCUT2D eigenvalue weighted by molar-refractivity contribution is -0.140. The summed E-state index contributed by atoms with van der Waals surface area (Å²) in [5, 5.41) is 3.79. The minimum atomic E-state index is 0.0750. The van der Waals surface area contributed by atoms with Gasteiger partial charge in [-0.1, -0.05) is 12.1 Å². The minimum Gasteiger partial charge on any atom is -0.381 e. The second-order valence-electron chi connectivity index (χ2n) is 7.58. The number of rotatable bonds is 4. The number of hydrogen-bond donors (Lipinski definition) is 1. The zero-order chi connectivity index (χ0) is 16.2. The van der Waals surface area contributed by atoms with Crippen LogP contribution in [-0.4, -0.2) is 44.6 Å². The van der Waals surface area contributed by atoms with E-state index in [9.17, 15) is 0 Å². The molecule has 0 amide bonds. The normalized spacial score (nSPS) is 26.8. The Morgan fingerprint density at radius 1 is 1.12 bits per heavy atom. The molecule has 4 nitrogen and oxygen atoms in total. The monoisotopic (exact) mass is 330 g/mol. The van der Waals surface area contributed by atoms with Gasteiger partial charge in [0.2, 0.25) is 0 Å². The first-order valence-electron chi connectivity index (χ1n) is 9.62. The van der Waals surface area contributed by atoms with Crippen molar-refractivity contribution in [2.24, 2.45) is 0 Å². The molecule has 4 rings (SSSR count). The van der Waals surface area contributed by atoms with Crippen LogP contribution in [-0.2, 0) is 16.0 Å². The van der Waals surface area contributed by atoms with Crippen molar-refractivity contribution < 1.29 is 9.47 Å². The number of hydrogen-bond acceptors (Lipinski definition) is 4. The molecule has 3 saturated heterocycles. The smallest absolute Gasteiger partial charge is 0.0741 e. The van der Waals surface area contributed by atoms with Crippen LogP contribution in [0.2, 0.25) is 0 Å². The standard InChI is InChI=1S/C20H30N2O2/c1-2-10-22(9-1)19-5-3-4-17(14-19)16-21-18-6-11-24-20(15-18)7-12-23-13-8-20/h3-5,14,18,21H,1-2,6-13,15-16H2/t18-/m0/s1. The lowest BCUT2D eigenvalue weighted by Gasteiger charge is -2.43. The maximum absolute atomic E-state index is 6.15. The van der Waals surface area contributed by atoms with E-state index in [1.807, 2.05) is 0 Å². The van der Waals surface area contributed by atoms with Gasteiger partial charge in [-0.3, -0.25) is 0 Å². The molecule has 0 saturated carbocycles. The van der Waals surface area contributed by atoms with Gasteiger partial charge in [-0.15, -0.1) is 0 Å². The quantitative estimate of drug-likeness (QED) is 0.920. The first kappa shape index (κ1) is 16.4. The Labute approximate surface area is 145 Å². The van der Waals surface area contributed by atoms with Crippen molar-refractivity contribution in [2.75, 3.05) is 37.8 Å². The average Bonchev–Trinajstić information content (AvgIpc) is 3.16. The van der Waals surface area contributed by atoms with Gasteiger partial charge in [-0.25, -0.2) is 0 Å². The summed E-state index contributed by atoms with van der Waals surface area (Å²) < 4.78 is 11.7. The SMILES string of the molecule is c1cc(CN[C@H]2CCOC3(CCOCC3)C2)cc(N2CCCC2)c1. The van der Waals surface area contributed by atoms with Gasteiger partial charge in [0.05, 0.1) is 5.60 Å². The Bertz CT molecular complexity index is 531. The van der Waals surface area contributed by atoms with Crippen LogP contribution < -0.4 is 10.2 Å². The van der Waals surface area contributed by atoms with Crippen molar-refractivity contribution >= 4 is 5.69 Å². The third kappa shape index (κ3) is 3.76. The molecule has 1 aromatic rings. The molecule has 1 aromatic carbocycles. The highest BCUT2D eigenvalue weighted by atomic mass is 16.5. The summed E-state index contributed by atoms with van der Waals surface area (Å²) in [4.78, 5) is 2.51. The summed E-state index contributed by atoms with van der Waals surface area (Å²) in [7, 11) is 0. The van der Waals surface area contributed by atoms with E-state index < -0.39 is 0 Å². The molecular formula is C20H30N2O2. The fourth-order valence-electron chi connectivity index (χ4n) is 4.39. The fraction of sp³-hybridized carbons (Fsp3) is 0.700. The zero-order valence-electron chi connectivity index (χ0n) is 14.6. The van der Waals surface area contributed by atoms with Crippen LogP contribution in [0.5, 0.6) is 0 Å². The third-order valence-electron chi connectivity index (χ3n) is 5.87. The Balaban J connectivity index is 1.33. The fourth-order valence-corrected chi connectivity index (χ4v) is 4.39. The van der Waals surface area contributed by atoms with Gasteiger partial charge in [-0.2, -0.15) is 0 Å². The molecule has 3 aliphatic heterocycles. The summed E-state index contributed by atoms with van der Waals surface area (Å²) in [6.45, 7) is 5.96. The van der Waals surface area contributed by atoms with Crippen molar-refractivity contribution in [3.05, 3.63) is 29.8 Å². The average molecular weight is 330 g/mol. The van der Waals surface area contributed by atoms with Gasteiger partial charge in [0.1, 0.15) is 0 Å². The van der Waals surface area contributed by atoms with E-state index in [-0.39, 0.29) is 5.60 Å². The van der Waals surface area contributed by atoms with Gasteiger partial charge in [0.15, 0.2) is 0 Å². The first-order valence-corrected chi connectivity index (χ1v) is 9.62. The van der Waals surface area contributed by atoms with Gasteiger partial charge in [0.25, 0.3) is 0 Å². The molecule has 3 aliphatic rings. The summed E-state index contributed by atoms with van der Waals surface area (Å²) >= 11 is 0. The number of ether oxygens (including phenoxy) is 2. The van der Waals surface area contributed by atoms with E-state index >= 15 is 0 Å². The lowest BCUT2D eigenvalue weighted by atomic mass is 9.84. The number of benzene rings is 1. The first-order chi connectivity index (χ1) is 11.8. The van der Waals surface area contributed by atoms with Crippen LogP contribution in [0.1, 0.15) is 44.1 Å². The molecule has 0 aliphatic carbocycles. The number of nitrogens with one attached hydrogen (secondary N) is 1. The molecule has 1 N–H and O–H groups in total. The largest absolute Gasteiger partial charge is 0.381 e. The summed E-state index contributed by atoms with van der Waals surface area (Å²) in [5.74, 6) is 0. The van der Waals surface area contributed by atoms with Crippen LogP contribution in [0, 0.1) is 0 Å². The van der Waals surface area contributed by atoms with Crippen LogP contribution in [0.3, 0.4) is 0 Å². The lowest BCUT2D eigenvalue weighted by Crippen LogP contribution is -2.49. The zero-order valence-corrected chi connectivity index (χ0v) is 14.6. The highest BCUT2D eigenvalue weighted by molar-refractivity contribution is 5.49. The Hall–Kier alpha value is -1.10. The van der Waals surface area contributed by atoms with E-state index in [1.54, 1.807) is 0 Å². The summed E-state index contributed by atoms with van der Waals surface area (Å²) in [6, 6.07) is 9.62. The Morgan fingerprint density at radius 2 is 1.96 bits per heavy atom. The second-order valence-corrected chi connectivity index (χ2v) is 7.58.